The number of rotatable bonds is 7. The van der Waals surface area contributed by atoms with Gasteiger partial charge in [-0.1, -0.05) is 6.58 Å². The van der Waals surface area contributed by atoms with Gasteiger partial charge in [0.05, 0.1) is 37.0 Å². The summed E-state index contributed by atoms with van der Waals surface area (Å²) in [5.41, 5.74) is 0.777. The van der Waals surface area contributed by atoms with Gasteiger partial charge in [-0.25, -0.2) is 19.2 Å². The Kier molecular flexibility index (Phi) is 5.66. The molecule has 8 nitrogen and oxygen atoms in total. The summed E-state index contributed by atoms with van der Waals surface area (Å²) >= 11 is 0. The third-order valence-corrected chi connectivity index (χ3v) is 3.34. The minimum Gasteiger partial charge on any atom is -0.465 e. The molecular weight excluding hydrogens is 332 g/mol. The van der Waals surface area contributed by atoms with Crippen LogP contribution in [-0.2, 0) is 30.3 Å². The van der Waals surface area contributed by atoms with Crippen LogP contribution in [0.15, 0.2) is 24.3 Å². The first-order valence-electron chi connectivity index (χ1n) is 7.27. The topological polar surface area (TPSA) is 105 Å². The molecule has 1 aliphatic rings. The van der Waals surface area contributed by atoms with Crippen LogP contribution < -0.4 is 0 Å². The second kappa shape index (κ2) is 7.71. The van der Waals surface area contributed by atoms with E-state index in [2.05, 4.69) is 16.1 Å². The lowest BCUT2D eigenvalue weighted by Gasteiger charge is -2.10. The molecule has 25 heavy (non-hydrogen) atoms. The van der Waals surface area contributed by atoms with Gasteiger partial charge in [-0.05, 0) is 24.6 Å². The number of methoxy groups -OCH3 is 1. The van der Waals surface area contributed by atoms with Gasteiger partial charge in [-0.2, -0.15) is 0 Å². The monoisotopic (exact) mass is 348 g/mol. The van der Waals surface area contributed by atoms with Gasteiger partial charge in [-0.3, -0.25) is 0 Å². The van der Waals surface area contributed by atoms with Crippen molar-refractivity contribution in [3.8, 4) is 0 Å². The number of cyclic esters (lactones) is 2. The van der Waals surface area contributed by atoms with Gasteiger partial charge < -0.3 is 18.9 Å². The lowest BCUT2D eigenvalue weighted by atomic mass is 10.00. The van der Waals surface area contributed by atoms with Crippen LogP contribution in [0, 0.1) is 0 Å². The van der Waals surface area contributed by atoms with Crippen molar-refractivity contribution in [1.29, 1.82) is 0 Å². The average Bonchev–Trinajstić information content (AvgIpc) is 2.86. The molecule has 0 aromatic heterocycles. The van der Waals surface area contributed by atoms with Gasteiger partial charge in [0.1, 0.15) is 6.61 Å². The molecular formula is C17H16O8. The van der Waals surface area contributed by atoms with Crippen LogP contribution in [0.1, 0.15) is 43.6 Å². The van der Waals surface area contributed by atoms with E-state index in [-0.39, 0.29) is 42.1 Å². The van der Waals surface area contributed by atoms with Crippen molar-refractivity contribution in [1.82, 2.24) is 0 Å². The Balaban J connectivity index is 2.09. The summed E-state index contributed by atoms with van der Waals surface area (Å²) in [5.74, 6) is -2.81. The highest BCUT2D eigenvalue weighted by Gasteiger charge is 2.32. The lowest BCUT2D eigenvalue weighted by molar-refractivity contribution is -0.140. The van der Waals surface area contributed by atoms with Crippen LogP contribution in [0.3, 0.4) is 0 Å². The van der Waals surface area contributed by atoms with Gasteiger partial charge in [-0.15, -0.1) is 0 Å². The van der Waals surface area contributed by atoms with E-state index in [1.54, 1.807) is 0 Å². The molecule has 0 saturated carbocycles. The molecule has 0 fully saturated rings. The molecule has 0 spiro atoms. The Bertz CT molecular complexity index is 762. The van der Waals surface area contributed by atoms with Crippen molar-refractivity contribution in [3.05, 3.63) is 46.5 Å². The highest BCUT2D eigenvalue weighted by molar-refractivity contribution is 6.15. The SMILES string of the molecule is C=C(C)C(=O)OCCOCc1cc2c(cc1C(=O)OC)C(=O)OC2=O. The second-order valence-corrected chi connectivity index (χ2v) is 5.19. The van der Waals surface area contributed by atoms with Crippen molar-refractivity contribution >= 4 is 23.9 Å². The predicted octanol–water partition coefficient (Wildman–Crippen LogP) is 1.42. The maximum absolute atomic E-state index is 11.9. The fourth-order valence-electron chi connectivity index (χ4n) is 2.09. The fraction of sp³-hybridized carbons (Fsp3) is 0.294. The Morgan fingerprint density at radius 3 is 2.36 bits per heavy atom. The van der Waals surface area contributed by atoms with Crippen LogP contribution in [0.5, 0.6) is 0 Å². The number of carbonyl (C=O) groups is 4. The van der Waals surface area contributed by atoms with Crippen molar-refractivity contribution in [3.63, 3.8) is 0 Å². The van der Waals surface area contributed by atoms with E-state index in [4.69, 9.17) is 9.47 Å². The Hall–Kier alpha value is -3.00. The molecule has 2 rings (SSSR count). The van der Waals surface area contributed by atoms with E-state index >= 15 is 0 Å². The molecule has 8 heteroatoms. The molecule has 0 saturated heterocycles. The van der Waals surface area contributed by atoms with Crippen molar-refractivity contribution in [2.45, 2.75) is 13.5 Å². The Morgan fingerprint density at radius 1 is 1.12 bits per heavy atom. The second-order valence-electron chi connectivity index (χ2n) is 5.19. The standard InChI is InChI=1S/C17H16O8/c1-9(2)14(18)24-5-4-23-8-10-6-12-13(17(21)25-16(12)20)7-11(10)15(19)22-3/h6-7H,1,4-5,8H2,2-3H3. The van der Waals surface area contributed by atoms with Crippen LogP contribution in [-0.4, -0.2) is 44.2 Å². The number of ether oxygens (including phenoxy) is 4. The fourth-order valence-corrected chi connectivity index (χ4v) is 2.09. The summed E-state index contributed by atoms with van der Waals surface area (Å²) in [5, 5.41) is 0. The molecule has 1 aliphatic heterocycles. The summed E-state index contributed by atoms with van der Waals surface area (Å²) in [6, 6.07) is 2.60. The zero-order valence-electron chi connectivity index (χ0n) is 13.7. The molecule has 0 amide bonds. The highest BCUT2D eigenvalue weighted by Crippen LogP contribution is 2.25. The maximum Gasteiger partial charge on any atom is 0.346 e. The number of esters is 4. The summed E-state index contributed by atoms with van der Waals surface area (Å²) < 4.78 is 19.4. The molecule has 0 atom stereocenters. The quantitative estimate of drug-likeness (QED) is 0.239. The third-order valence-electron chi connectivity index (χ3n) is 3.34. The number of hydrogen-bond acceptors (Lipinski definition) is 8. The average molecular weight is 348 g/mol. The number of benzene rings is 1. The van der Waals surface area contributed by atoms with E-state index < -0.39 is 23.9 Å². The molecule has 0 N–H and O–H groups in total. The molecule has 0 radical (unpaired) electrons. The van der Waals surface area contributed by atoms with Gasteiger partial charge in [0.15, 0.2) is 0 Å². The number of carbonyl (C=O) groups excluding carboxylic acids is 4. The van der Waals surface area contributed by atoms with Crippen LogP contribution >= 0.6 is 0 Å². The van der Waals surface area contributed by atoms with Crippen LogP contribution in [0.4, 0.5) is 0 Å². The first kappa shape index (κ1) is 18.3. The van der Waals surface area contributed by atoms with Crippen molar-refractivity contribution < 1.29 is 38.1 Å². The molecule has 0 unspecified atom stereocenters. The van der Waals surface area contributed by atoms with E-state index in [1.807, 2.05) is 0 Å². The minimum absolute atomic E-state index is 0.00420. The molecule has 0 aliphatic carbocycles. The predicted molar refractivity (Wildman–Crippen MR) is 83.0 cm³/mol. The lowest BCUT2D eigenvalue weighted by Crippen LogP contribution is -2.13. The zero-order chi connectivity index (χ0) is 18.6. The third kappa shape index (κ3) is 4.10. The number of hydrogen-bond donors (Lipinski definition) is 0. The Labute approximate surface area is 143 Å². The molecule has 1 aromatic carbocycles. The molecule has 132 valence electrons. The summed E-state index contributed by atoms with van der Waals surface area (Å²) in [4.78, 5) is 46.3. The summed E-state index contributed by atoms with van der Waals surface area (Å²) in [6.45, 7) is 5.00. The smallest absolute Gasteiger partial charge is 0.346 e. The van der Waals surface area contributed by atoms with Crippen molar-refractivity contribution in [2.75, 3.05) is 20.3 Å². The minimum atomic E-state index is -0.815. The summed E-state index contributed by atoms with van der Waals surface area (Å²) in [7, 11) is 1.20. The van der Waals surface area contributed by atoms with Gasteiger partial charge in [0, 0.05) is 5.57 Å². The maximum atomic E-state index is 11.9. The van der Waals surface area contributed by atoms with Crippen LogP contribution in [0.2, 0.25) is 0 Å². The van der Waals surface area contributed by atoms with Crippen molar-refractivity contribution in [2.24, 2.45) is 0 Å². The van der Waals surface area contributed by atoms with E-state index in [9.17, 15) is 19.2 Å². The molecule has 1 aromatic rings. The normalized spacial score (nSPS) is 12.4. The largest absolute Gasteiger partial charge is 0.465 e. The van der Waals surface area contributed by atoms with Gasteiger partial charge in [0.25, 0.3) is 0 Å². The van der Waals surface area contributed by atoms with Gasteiger partial charge >= 0.3 is 23.9 Å². The molecule has 0 bridgehead atoms. The highest BCUT2D eigenvalue weighted by atomic mass is 16.6. The molecule has 1 heterocycles. The zero-order valence-corrected chi connectivity index (χ0v) is 13.7. The van der Waals surface area contributed by atoms with E-state index in [1.165, 1.54) is 26.2 Å². The first-order chi connectivity index (χ1) is 11.8. The summed E-state index contributed by atoms with van der Waals surface area (Å²) in [6.07, 6.45) is 0. The number of fused-ring (bicyclic) bond motifs is 1. The van der Waals surface area contributed by atoms with Crippen LogP contribution in [0.25, 0.3) is 0 Å². The van der Waals surface area contributed by atoms with Gasteiger partial charge in [0.2, 0.25) is 0 Å². The van der Waals surface area contributed by atoms with E-state index in [0.717, 1.165) is 0 Å². The Morgan fingerprint density at radius 2 is 1.76 bits per heavy atom. The van der Waals surface area contributed by atoms with E-state index in [0.29, 0.717) is 5.56 Å². The first-order valence-corrected chi connectivity index (χ1v) is 7.27.